The molecule has 0 aliphatic heterocycles. The van der Waals surface area contributed by atoms with E-state index in [0.29, 0.717) is 0 Å². The van der Waals surface area contributed by atoms with Crippen LogP contribution in [-0.4, -0.2) is 12.6 Å². The Balaban J connectivity index is 2.37. The van der Waals surface area contributed by atoms with Crippen molar-refractivity contribution in [3.8, 4) is 18.1 Å². The smallest absolute Gasteiger partial charge is 0.119 e. The largest absolute Gasteiger partial charge is 0.494 e. The lowest BCUT2D eigenvalue weighted by molar-refractivity contribution is 0.309. The molecule has 0 aliphatic rings. The second-order valence-corrected chi connectivity index (χ2v) is 4.12. The summed E-state index contributed by atoms with van der Waals surface area (Å²) in [7, 11) is 0. The molecule has 1 unspecified atom stereocenters. The molecule has 0 saturated heterocycles. The van der Waals surface area contributed by atoms with E-state index in [2.05, 4.69) is 30.3 Å². The highest BCUT2D eigenvalue weighted by Gasteiger charge is 1.98. The first-order valence-corrected chi connectivity index (χ1v) is 6.17. The quantitative estimate of drug-likeness (QED) is 0.575. The van der Waals surface area contributed by atoms with E-state index >= 15 is 0 Å². The normalized spacial score (nSPS) is 11.8. The Morgan fingerprint density at radius 2 is 2.06 bits per heavy atom. The Hall–Kier alpha value is -1.46. The summed E-state index contributed by atoms with van der Waals surface area (Å²) in [5, 5.41) is 3.24. The number of ether oxygens (including phenoxy) is 1. The SMILES string of the molecule is C#CC(C)NCc1ccc(OCCCC)cc1. The van der Waals surface area contributed by atoms with Gasteiger partial charge < -0.3 is 4.74 Å². The molecule has 1 aromatic rings. The number of terminal acetylenes is 1. The van der Waals surface area contributed by atoms with Crippen LogP contribution in [0.15, 0.2) is 24.3 Å². The van der Waals surface area contributed by atoms with E-state index in [0.717, 1.165) is 31.7 Å². The van der Waals surface area contributed by atoms with Crippen molar-refractivity contribution in [3.63, 3.8) is 0 Å². The van der Waals surface area contributed by atoms with Crippen molar-refractivity contribution in [2.75, 3.05) is 6.61 Å². The van der Waals surface area contributed by atoms with E-state index in [9.17, 15) is 0 Å². The molecular weight excluding hydrogens is 210 g/mol. The van der Waals surface area contributed by atoms with Crippen LogP contribution in [0.25, 0.3) is 0 Å². The Kier molecular flexibility index (Phi) is 6.21. The molecule has 0 spiro atoms. The monoisotopic (exact) mass is 231 g/mol. The zero-order chi connectivity index (χ0) is 12.5. The minimum absolute atomic E-state index is 0.107. The van der Waals surface area contributed by atoms with Gasteiger partial charge in [-0.3, -0.25) is 5.32 Å². The molecule has 1 rings (SSSR count). The molecule has 0 aromatic heterocycles. The third-order valence-electron chi connectivity index (χ3n) is 2.55. The highest BCUT2D eigenvalue weighted by Crippen LogP contribution is 2.12. The lowest BCUT2D eigenvalue weighted by atomic mass is 10.2. The first-order valence-electron chi connectivity index (χ1n) is 6.17. The molecule has 0 aliphatic carbocycles. The van der Waals surface area contributed by atoms with Gasteiger partial charge in [0.15, 0.2) is 0 Å². The highest BCUT2D eigenvalue weighted by atomic mass is 16.5. The molecule has 1 N–H and O–H groups in total. The lowest BCUT2D eigenvalue weighted by Gasteiger charge is -2.09. The standard InChI is InChI=1S/C15H21NO/c1-4-6-11-17-15-9-7-14(8-10-15)12-16-13(3)5-2/h2,7-10,13,16H,4,6,11-12H2,1,3H3. The average molecular weight is 231 g/mol. The number of nitrogens with one attached hydrogen (secondary N) is 1. The van der Waals surface area contributed by atoms with Crippen LogP contribution in [0.2, 0.25) is 0 Å². The van der Waals surface area contributed by atoms with Gasteiger partial charge in [0.05, 0.1) is 12.6 Å². The second-order valence-electron chi connectivity index (χ2n) is 4.12. The summed E-state index contributed by atoms with van der Waals surface area (Å²) in [6, 6.07) is 8.26. The van der Waals surface area contributed by atoms with Crippen LogP contribution in [0.1, 0.15) is 32.3 Å². The number of hydrogen-bond acceptors (Lipinski definition) is 2. The molecular formula is C15H21NO. The second kappa shape index (κ2) is 7.76. The van der Waals surface area contributed by atoms with Crippen LogP contribution in [0, 0.1) is 12.3 Å². The molecule has 0 amide bonds. The summed E-state index contributed by atoms with van der Waals surface area (Å²) >= 11 is 0. The molecule has 2 nitrogen and oxygen atoms in total. The van der Waals surface area contributed by atoms with Gasteiger partial charge in [0, 0.05) is 6.54 Å². The maximum absolute atomic E-state index is 5.60. The van der Waals surface area contributed by atoms with Gasteiger partial charge in [0.1, 0.15) is 5.75 Å². The molecule has 17 heavy (non-hydrogen) atoms. The fraction of sp³-hybridized carbons (Fsp3) is 0.467. The number of rotatable bonds is 7. The molecule has 0 fully saturated rings. The molecule has 0 radical (unpaired) electrons. The van der Waals surface area contributed by atoms with Crippen molar-refractivity contribution in [3.05, 3.63) is 29.8 Å². The molecule has 0 bridgehead atoms. The van der Waals surface area contributed by atoms with Gasteiger partial charge in [-0.15, -0.1) is 6.42 Å². The summed E-state index contributed by atoms with van der Waals surface area (Å²) in [5.74, 6) is 3.58. The Labute approximate surface area is 104 Å². The van der Waals surface area contributed by atoms with E-state index in [1.807, 2.05) is 19.1 Å². The van der Waals surface area contributed by atoms with E-state index in [-0.39, 0.29) is 6.04 Å². The average Bonchev–Trinajstić information content (AvgIpc) is 2.37. The summed E-state index contributed by atoms with van der Waals surface area (Å²) in [6.45, 7) is 5.72. The van der Waals surface area contributed by atoms with Crippen molar-refractivity contribution in [2.45, 2.75) is 39.3 Å². The van der Waals surface area contributed by atoms with Gasteiger partial charge in [0.25, 0.3) is 0 Å². The summed E-state index contributed by atoms with van der Waals surface area (Å²) in [4.78, 5) is 0. The van der Waals surface area contributed by atoms with Crippen molar-refractivity contribution in [1.29, 1.82) is 0 Å². The van der Waals surface area contributed by atoms with Crippen LogP contribution < -0.4 is 10.1 Å². The zero-order valence-electron chi connectivity index (χ0n) is 10.7. The predicted octanol–water partition coefficient (Wildman–Crippen LogP) is 2.98. The van der Waals surface area contributed by atoms with E-state index in [1.54, 1.807) is 0 Å². The van der Waals surface area contributed by atoms with Crippen molar-refractivity contribution < 1.29 is 4.74 Å². The van der Waals surface area contributed by atoms with Crippen LogP contribution >= 0.6 is 0 Å². The summed E-state index contributed by atoms with van der Waals surface area (Å²) in [6.07, 6.45) is 7.55. The van der Waals surface area contributed by atoms with Gasteiger partial charge in [-0.2, -0.15) is 0 Å². The number of unbranched alkanes of at least 4 members (excludes halogenated alkanes) is 1. The van der Waals surface area contributed by atoms with Crippen molar-refractivity contribution in [1.82, 2.24) is 5.32 Å². The van der Waals surface area contributed by atoms with Crippen LogP contribution in [0.5, 0.6) is 5.75 Å². The van der Waals surface area contributed by atoms with Gasteiger partial charge in [-0.05, 0) is 31.0 Å². The van der Waals surface area contributed by atoms with Crippen molar-refractivity contribution >= 4 is 0 Å². The van der Waals surface area contributed by atoms with Crippen LogP contribution in [-0.2, 0) is 6.54 Å². The molecule has 92 valence electrons. The highest BCUT2D eigenvalue weighted by molar-refractivity contribution is 5.27. The number of hydrogen-bond donors (Lipinski definition) is 1. The van der Waals surface area contributed by atoms with E-state index < -0.39 is 0 Å². The van der Waals surface area contributed by atoms with Crippen molar-refractivity contribution in [2.24, 2.45) is 0 Å². The Bertz CT molecular complexity index is 350. The first kappa shape index (κ1) is 13.6. The topological polar surface area (TPSA) is 21.3 Å². The molecule has 1 atom stereocenters. The van der Waals surface area contributed by atoms with Gasteiger partial charge in [-0.25, -0.2) is 0 Å². The molecule has 0 heterocycles. The summed E-state index contributed by atoms with van der Waals surface area (Å²) < 4.78 is 5.60. The Morgan fingerprint density at radius 3 is 2.65 bits per heavy atom. The minimum Gasteiger partial charge on any atom is -0.494 e. The van der Waals surface area contributed by atoms with Crippen LogP contribution in [0.3, 0.4) is 0 Å². The minimum atomic E-state index is 0.107. The van der Waals surface area contributed by atoms with Gasteiger partial charge in [0.2, 0.25) is 0 Å². The predicted molar refractivity (Wildman–Crippen MR) is 72.0 cm³/mol. The van der Waals surface area contributed by atoms with Gasteiger partial charge >= 0.3 is 0 Å². The van der Waals surface area contributed by atoms with E-state index in [4.69, 9.17) is 11.2 Å². The first-order chi connectivity index (χ1) is 8.26. The Morgan fingerprint density at radius 1 is 1.35 bits per heavy atom. The summed E-state index contributed by atoms with van der Waals surface area (Å²) in [5.41, 5.74) is 1.22. The third-order valence-corrected chi connectivity index (χ3v) is 2.55. The molecule has 1 aromatic carbocycles. The van der Waals surface area contributed by atoms with Gasteiger partial charge in [-0.1, -0.05) is 31.4 Å². The molecule has 2 heteroatoms. The number of benzene rings is 1. The maximum atomic E-state index is 5.60. The third kappa shape index (κ3) is 5.42. The fourth-order valence-electron chi connectivity index (χ4n) is 1.37. The zero-order valence-corrected chi connectivity index (χ0v) is 10.7. The maximum Gasteiger partial charge on any atom is 0.119 e. The lowest BCUT2D eigenvalue weighted by Crippen LogP contribution is -2.23. The molecule has 0 saturated carbocycles. The fourth-order valence-corrected chi connectivity index (χ4v) is 1.37. The van der Waals surface area contributed by atoms with E-state index in [1.165, 1.54) is 5.56 Å². The van der Waals surface area contributed by atoms with Crippen LogP contribution in [0.4, 0.5) is 0 Å².